The van der Waals surface area contributed by atoms with Gasteiger partial charge in [-0.25, -0.2) is 4.79 Å². The number of carbonyl (C=O) groups is 1. The van der Waals surface area contributed by atoms with Crippen LogP contribution in [0.2, 0.25) is 5.02 Å². The number of hydrogen-bond acceptors (Lipinski definition) is 5. The van der Waals surface area contributed by atoms with E-state index in [1.807, 2.05) is 0 Å². The molecule has 0 heterocycles. The zero-order chi connectivity index (χ0) is 14.6. The molecule has 19 heavy (non-hydrogen) atoms. The first kappa shape index (κ1) is 15.6. The van der Waals surface area contributed by atoms with E-state index in [1.165, 1.54) is 20.3 Å². The first-order valence-corrected chi connectivity index (χ1v) is 6.11. The first-order chi connectivity index (χ1) is 8.97. The molecule has 1 aromatic carbocycles. The van der Waals surface area contributed by atoms with Crippen molar-refractivity contribution in [3.05, 3.63) is 22.2 Å². The van der Waals surface area contributed by atoms with Crippen LogP contribution in [-0.2, 0) is 9.53 Å². The van der Waals surface area contributed by atoms with E-state index in [0.29, 0.717) is 22.6 Å². The molecule has 1 N–H and O–H groups in total. The second-order valence-corrected chi connectivity index (χ2v) is 4.20. The highest BCUT2D eigenvalue weighted by Gasteiger charge is 2.25. The average molecular weight is 289 g/mol. The van der Waals surface area contributed by atoms with Gasteiger partial charge in [-0.2, -0.15) is 0 Å². The van der Waals surface area contributed by atoms with Crippen molar-refractivity contribution in [1.29, 1.82) is 0 Å². The molecule has 0 spiro atoms. The Morgan fingerprint density at radius 1 is 1.37 bits per heavy atom. The highest BCUT2D eigenvalue weighted by atomic mass is 35.5. The number of methoxy groups -OCH3 is 2. The van der Waals surface area contributed by atoms with Gasteiger partial charge in [-0.1, -0.05) is 11.6 Å². The molecule has 0 radical (unpaired) electrons. The highest BCUT2D eigenvalue weighted by molar-refractivity contribution is 6.32. The van der Waals surface area contributed by atoms with Crippen LogP contribution in [0.15, 0.2) is 6.07 Å². The molecule has 0 saturated heterocycles. The molecule has 6 heteroatoms. The third-order valence-electron chi connectivity index (χ3n) is 2.69. The molecule has 1 unspecified atom stereocenters. The van der Waals surface area contributed by atoms with Crippen molar-refractivity contribution in [3.8, 4) is 11.5 Å². The van der Waals surface area contributed by atoms with Gasteiger partial charge in [0.05, 0.1) is 25.8 Å². The fourth-order valence-corrected chi connectivity index (χ4v) is 2.07. The Morgan fingerprint density at radius 2 is 1.95 bits per heavy atom. The molecule has 1 rings (SSSR count). The summed E-state index contributed by atoms with van der Waals surface area (Å²) in [5, 5.41) is 10.2. The molecule has 0 saturated carbocycles. The minimum atomic E-state index is -1.41. The quantitative estimate of drug-likeness (QED) is 0.842. The van der Waals surface area contributed by atoms with Gasteiger partial charge in [-0.3, -0.25) is 0 Å². The number of aliphatic hydroxyl groups excluding tert-OH is 1. The minimum absolute atomic E-state index is 0.190. The van der Waals surface area contributed by atoms with Crippen molar-refractivity contribution >= 4 is 17.6 Å². The van der Waals surface area contributed by atoms with Crippen LogP contribution in [0.4, 0.5) is 0 Å². The molecule has 0 aliphatic rings. The number of ether oxygens (including phenoxy) is 3. The van der Waals surface area contributed by atoms with Gasteiger partial charge >= 0.3 is 5.97 Å². The summed E-state index contributed by atoms with van der Waals surface area (Å²) in [6.45, 7) is 3.56. The van der Waals surface area contributed by atoms with E-state index in [2.05, 4.69) is 0 Å². The number of benzene rings is 1. The van der Waals surface area contributed by atoms with Gasteiger partial charge in [-0.05, 0) is 19.9 Å². The maximum absolute atomic E-state index is 11.6. The number of aliphatic hydroxyl groups is 1. The van der Waals surface area contributed by atoms with Gasteiger partial charge in [0.2, 0.25) is 0 Å². The van der Waals surface area contributed by atoms with Crippen LogP contribution in [0.25, 0.3) is 0 Å². The van der Waals surface area contributed by atoms with Crippen LogP contribution in [0.1, 0.15) is 24.2 Å². The summed E-state index contributed by atoms with van der Waals surface area (Å²) < 4.78 is 15.1. The van der Waals surface area contributed by atoms with Crippen LogP contribution >= 0.6 is 11.6 Å². The largest absolute Gasteiger partial charge is 0.493 e. The second kappa shape index (κ2) is 6.63. The molecule has 0 aromatic heterocycles. The Hall–Kier alpha value is -1.46. The molecular formula is C13H17ClO5. The number of esters is 1. The smallest absolute Gasteiger partial charge is 0.339 e. The zero-order valence-electron chi connectivity index (χ0n) is 11.3. The van der Waals surface area contributed by atoms with Crippen molar-refractivity contribution in [1.82, 2.24) is 0 Å². The van der Waals surface area contributed by atoms with E-state index in [0.717, 1.165) is 0 Å². The number of hydrogen-bond donors (Lipinski definition) is 1. The molecule has 5 nitrogen and oxygen atoms in total. The third-order valence-corrected chi connectivity index (χ3v) is 2.97. The van der Waals surface area contributed by atoms with E-state index < -0.39 is 12.1 Å². The highest BCUT2D eigenvalue weighted by Crippen LogP contribution is 2.41. The van der Waals surface area contributed by atoms with Crippen molar-refractivity contribution in [2.75, 3.05) is 20.8 Å². The van der Waals surface area contributed by atoms with Gasteiger partial charge in [0, 0.05) is 11.1 Å². The molecule has 0 fully saturated rings. The van der Waals surface area contributed by atoms with E-state index in [4.69, 9.17) is 25.8 Å². The Balaban J connectivity index is 3.30. The van der Waals surface area contributed by atoms with Gasteiger partial charge < -0.3 is 19.3 Å². The predicted molar refractivity (Wildman–Crippen MR) is 70.9 cm³/mol. The SMILES string of the molecule is CCOC(=O)C(O)c1cc(Cl)c(OC)c(OC)c1C. The standard InChI is InChI=1S/C13H17ClO5/c1-5-19-13(16)10(15)8-6-9(14)12(18-4)11(17-3)7(8)2/h6,10,15H,5H2,1-4H3. The van der Waals surface area contributed by atoms with Gasteiger partial charge in [-0.15, -0.1) is 0 Å². The van der Waals surface area contributed by atoms with E-state index in [9.17, 15) is 9.90 Å². The van der Waals surface area contributed by atoms with Crippen LogP contribution < -0.4 is 9.47 Å². The van der Waals surface area contributed by atoms with Gasteiger partial charge in [0.15, 0.2) is 17.6 Å². The molecule has 0 aliphatic carbocycles. The zero-order valence-corrected chi connectivity index (χ0v) is 12.1. The molecule has 1 atom stereocenters. The average Bonchev–Trinajstić information content (AvgIpc) is 2.39. The molecular weight excluding hydrogens is 272 g/mol. The molecule has 0 aliphatic heterocycles. The van der Waals surface area contributed by atoms with Crippen molar-refractivity contribution in [3.63, 3.8) is 0 Å². The van der Waals surface area contributed by atoms with Crippen LogP contribution in [-0.4, -0.2) is 31.9 Å². The third kappa shape index (κ3) is 3.11. The lowest BCUT2D eigenvalue weighted by Crippen LogP contribution is -2.17. The van der Waals surface area contributed by atoms with Crippen molar-refractivity contribution < 1.29 is 24.1 Å². The lowest BCUT2D eigenvalue weighted by molar-refractivity contribution is -0.153. The van der Waals surface area contributed by atoms with E-state index in [-0.39, 0.29) is 11.6 Å². The number of carbonyl (C=O) groups excluding carboxylic acids is 1. The maximum atomic E-state index is 11.6. The normalized spacial score (nSPS) is 11.9. The van der Waals surface area contributed by atoms with Crippen molar-refractivity contribution in [2.24, 2.45) is 0 Å². The molecule has 0 amide bonds. The van der Waals surface area contributed by atoms with E-state index in [1.54, 1.807) is 13.8 Å². The fourth-order valence-electron chi connectivity index (χ4n) is 1.79. The fraction of sp³-hybridized carbons (Fsp3) is 0.462. The lowest BCUT2D eigenvalue weighted by atomic mass is 10.0. The summed E-state index contributed by atoms with van der Waals surface area (Å²) in [5.41, 5.74) is 0.908. The van der Waals surface area contributed by atoms with Crippen LogP contribution in [0.3, 0.4) is 0 Å². The molecule has 0 bridgehead atoms. The lowest BCUT2D eigenvalue weighted by Gasteiger charge is -2.18. The Labute approximate surface area is 117 Å². The topological polar surface area (TPSA) is 65.0 Å². The summed E-state index contributed by atoms with van der Waals surface area (Å²) in [7, 11) is 2.92. The van der Waals surface area contributed by atoms with Gasteiger partial charge in [0.1, 0.15) is 0 Å². The van der Waals surface area contributed by atoms with Crippen LogP contribution in [0.5, 0.6) is 11.5 Å². The Morgan fingerprint density at radius 3 is 2.42 bits per heavy atom. The maximum Gasteiger partial charge on any atom is 0.339 e. The predicted octanol–water partition coefficient (Wildman–Crippen LogP) is 2.26. The molecule has 1 aromatic rings. The minimum Gasteiger partial charge on any atom is -0.493 e. The Kier molecular flexibility index (Phi) is 5.44. The second-order valence-electron chi connectivity index (χ2n) is 3.79. The monoisotopic (exact) mass is 288 g/mol. The number of halogens is 1. The summed E-state index contributed by atoms with van der Waals surface area (Å²) in [6, 6.07) is 1.47. The van der Waals surface area contributed by atoms with E-state index >= 15 is 0 Å². The van der Waals surface area contributed by atoms with Crippen LogP contribution in [0, 0.1) is 6.92 Å². The Bertz CT molecular complexity index is 473. The van der Waals surface area contributed by atoms with Crippen molar-refractivity contribution in [2.45, 2.75) is 20.0 Å². The molecule has 106 valence electrons. The summed E-state index contributed by atoms with van der Waals surface area (Å²) in [6.07, 6.45) is -1.41. The summed E-state index contributed by atoms with van der Waals surface area (Å²) >= 11 is 6.04. The first-order valence-electron chi connectivity index (χ1n) is 5.73. The van der Waals surface area contributed by atoms with Gasteiger partial charge in [0.25, 0.3) is 0 Å². The summed E-state index contributed by atoms with van der Waals surface area (Å²) in [4.78, 5) is 11.6. The summed E-state index contributed by atoms with van der Waals surface area (Å²) in [5.74, 6) is 0.0173. The number of rotatable bonds is 5.